The number of amides is 1. The topological polar surface area (TPSA) is 49.6 Å². The Bertz CT molecular complexity index is 483. The van der Waals surface area contributed by atoms with E-state index in [1.165, 1.54) is 25.7 Å². The summed E-state index contributed by atoms with van der Waals surface area (Å²) in [6, 6.07) is 2.64. The van der Waals surface area contributed by atoms with Crippen molar-refractivity contribution in [3.63, 3.8) is 0 Å². The summed E-state index contributed by atoms with van der Waals surface area (Å²) >= 11 is 0. The highest BCUT2D eigenvalue weighted by molar-refractivity contribution is 5.92. The first kappa shape index (κ1) is 11.5. The zero-order valence-electron chi connectivity index (χ0n) is 11.0. The minimum Gasteiger partial charge on any atom is -0.360 e. The van der Waals surface area contributed by atoms with E-state index in [1.54, 1.807) is 0 Å². The van der Waals surface area contributed by atoms with Crippen LogP contribution >= 0.6 is 0 Å². The van der Waals surface area contributed by atoms with Crippen LogP contribution in [0.3, 0.4) is 0 Å². The standard InChI is InChI=1S/C14H19N3O2/c18-14(12-9-13(19-15-12)10-1-2-10)17-7-5-16(6-8-17)11-3-4-11/h9-11H,1-8H2. The molecule has 0 bridgehead atoms. The lowest BCUT2D eigenvalue weighted by Gasteiger charge is -2.34. The van der Waals surface area contributed by atoms with E-state index in [0.717, 1.165) is 38.0 Å². The molecule has 0 unspecified atom stereocenters. The third-order valence-electron chi connectivity index (χ3n) is 4.39. The van der Waals surface area contributed by atoms with Crippen molar-refractivity contribution in [2.24, 2.45) is 0 Å². The van der Waals surface area contributed by atoms with Crippen LogP contribution in [0.4, 0.5) is 0 Å². The summed E-state index contributed by atoms with van der Waals surface area (Å²) in [5, 5.41) is 3.94. The number of carbonyl (C=O) groups excluding carboxylic acids is 1. The smallest absolute Gasteiger partial charge is 0.276 e. The summed E-state index contributed by atoms with van der Waals surface area (Å²) in [5.74, 6) is 1.44. The van der Waals surface area contributed by atoms with E-state index >= 15 is 0 Å². The van der Waals surface area contributed by atoms with Gasteiger partial charge in [0.15, 0.2) is 5.69 Å². The molecule has 5 nitrogen and oxygen atoms in total. The molecule has 0 spiro atoms. The maximum atomic E-state index is 12.3. The average Bonchev–Trinajstić information content (AvgIpc) is 3.37. The molecule has 1 aliphatic heterocycles. The fourth-order valence-corrected chi connectivity index (χ4v) is 2.84. The third-order valence-corrected chi connectivity index (χ3v) is 4.39. The Balaban J connectivity index is 1.39. The van der Waals surface area contributed by atoms with Gasteiger partial charge in [0, 0.05) is 44.2 Å². The van der Waals surface area contributed by atoms with E-state index in [9.17, 15) is 4.79 Å². The molecular weight excluding hydrogens is 242 g/mol. The van der Waals surface area contributed by atoms with Crippen LogP contribution in [-0.4, -0.2) is 53.1 Å². The van der Waals surface area contributed by atoms with Gasteiger partial charge in [-0.05, 0) is 25.7 Å². The van der Waals surface area contributed by atoms with E-state index in [1.807, 2.05) is 11.0 Å². The molecule has 0 radical (unpaired) electrons. The molecular formula is C14H19N3O2. The van der Waals surface area contributed by atoms with Crippen LogP contribution in [0.2, 0.25) is 0 Å². The second kappa shape index (κ2) is 4.34. The van der Waals surface area contributed by atoms with Crippen molar-refractivity contribution in [1.82, 2.24) is 15.0 Å². The van der Waals surface area contributed by atoms with E-state index in [-0.39, 0.29) is 5.91 Å². The number of rotatable bonds is 3. The van der Waals surface area contributed by atoms with E-state index in [0.29, 0.717) is 11.6 Å². The number of carbonyl (C=O) groups is 1. The first-order valence-electron chi connectivity index (χ1n) is 7.31. The quantitative estimate of drug-likeness (QED) is 0.827. The van der Waals surface area contributed by atoms with Crippen LogP contribution in [0.5, 0.6) is 0 Å². The Kier molecular flexibility index (Phi) is 2.62. The zero-order chi connectivity index (χ0) is 12.8. The largest absolute Gasteiger partial charge is 0.360 e. The molecule has 0 atom stereocenters. The summed E-state index contributed by atoms with van der Waals surface area (Å²) in [4.78, 5) is 16.7. The van der Waals surface area contributed by atoms with Crippen molar-refractivity contribution in [1.29, 1.82) is 0 Å². The number of hydrogen-bond acceptors (Lipinski definition) is 4. The summed E-state index contributed by atoms with van der Waals surface area (Å²) in [7, 11) is 0. The zero-order valence-corrected chi connectivity index (χ0v) is 11.0. The van der Waals surface area contributed by atoms with Crippen LogP contribution in [0.15, 0.2) is 10.6 Å². The number of piperazine rings is 1. The summed E-state index contributed by atoms with van der Waals surface area (Å²) in [5.41, 5.74) is 0.488. The lowest BCUT2D eigenvalue weighted by Crippen LogP contribution is -2.49. The highest BCUT2D eigenvalue weighted by atomic mass is 16.5. The van der Waals surface area contributed by atoms with Gasteiger partial charge >= 0.3 is 0 Å². The Labute approximate surface area is 112 Å². The van der Waals surface area contributed by atoms with Gasteiger partial charge in [-0.25, -0.2) is 0 Å². The van der Waals surface area contributed by atoms with Crippen LogP contribution in [0.25, 0.3) is 0 Å². The van der Waals surface area contributed by atoms with Crippen LogP contribution < -0.4 is 0 Å². The summed E-state index contributed by atoms with van der Waals surface area (Å²) in [6.07, 6.45) is 5.01. The molecule has 1 saturated heterocycles. The van der Waals surface area contributed by atoms with Gasteiger partial charge in [0.1, 0.15) is 5.76 Å². The van der Waals surface area contributed by atoms with Crippen molar-refractivity contribution >= 4 is 5.91 Å². The van der Waals surface area contributed by atoms with E-state index in [4.69, 9.17) is 4.52 Å². The molecule has 4 rings (SSSR count). The Morgan fingerprint density at radius 2 is 1.89 bits per heavy atom. The summed E-state index contributed by atoms with van der Waals surface area (Å²) < 4.78 is 5.26. The van der Waals surface area contributed by atoms with Crippen molar-refractivity contribution in [3.05, 3.63) is 17.5 Å². The maximum absolute atomic E-state index is 12.3. The first-order chi connectivity index (χ1) is 9.31. The minimum atomic E-state index is 0.0334. The third kappa shape index (κ3) is 2.27. The molecule has 102 valence electrons. The van der Waals surface area contributed by atoms with Gasteiger partial charge in [-0.2, -0.15) is 0 Å². The molecule has 1 aromatic heterocycles. The molecule has 1 aromatic rings. The maximum Gasteiger partial charge on any atom is 0.276 e. The van der Waals surface area contributed by atoms with Crippen molar-refractivity contribution in [2.45, 2.75) is 37.6 Å². The minimum absolute atomic E-state index is 0.0334. The molecule has 0 aromatic carbocycles. The molecule has 2 saturated carbocycles. The lowest BCUT2D eigenvalue weighted by atomic mass is 10.2. The van der Waals surface area contributed by atoms with Gasteiger partial charge in [0.05, 0.1) is 0 Å². The van der Waals surface area contributed by atoms with Gasteiger partial charge in [0.2, 0.25) is 0 Å². The van der Waals surface area contributed by atoms with Crippen LogP contribution in [0, 0.1) is 0 Å². The summed E-state index contributed by atoms with van der Waals surface area (Å²) in [6.45, 7) is 3.65. The SMILES string of the molecule is O=C(c1cc(C2CC2)on1)N1CCN(C2CC2)CC1. The second-order valence-corrected chi connectivity index (χ2v) is 5.95. The van der Waals surface area contributed by atoms with Gasteiger partial charge in [-0.15, -0.1) is 0 Å². The second-order valence-electron chi connectivity index (χ2n) is 5.95. The molecule has 2 heterocycles. The lowest BCUT2D eigenvalue weighted by molar-refractivity contribution is 0.0617. The molecule has 2 aliphatic carbocycles. The highest BCUT2D eigenvalue weighted by Crippen LogP contribution is 2.40. The molecule has 0 N–H and O–H groups in total. The molecule has 5 heteroatoms. The predicted octanol–water partition coefficient (Wildman–Crippen LogP) is 1.47. The number of aromatic nitrogens is 1. The van der Waals surface area contributed by atoms with Gasteiger partial charge in [0.25, 0.3) is 5.91 Å². The van der Waals surface area contributed by atoms with Crippen molar-refractivity contribution in [2.75, 3.05) is 26.2 Å². The van der Waals surface area contributed by atoms with Crippen LogP contribution in [0.1, 0.15) is 47.8 Å². The highest BCUT2D eigenvalue weighted by Gasteiger charge is 2.34. The van der Waals surface area contributed by atoms with Gasteiger partial charge in [-0.3, -0.25) is 9.69 Å². The Hall–Kier alpha value is -1.36. The van der Waals surface area contributed by atoms with Crippen molar-refractivity contribution < 1.29 is 9.32 Å². The van der Waals surface area contributed by atoms with Gasteiger partial charge < -0.3 is 9.42 Å². The van der Waals surface area contributed by atoms with E-state index < -0.39 is 0 Å². The number of nitrogens with zero attached hydrogens (tertiary/aromatic N) is 3. The normalized spacial score (nSPS) is 24.7. The van der Waals surface area contributed by atoms with Gasteiger partial charge in [-0.1, -0.05) is 5.16 Å². The van der Waals surface area contributed by atoms with Crippen LogP contribution in [-0.2, 0) is 0 Å². The average molecular weight is 261 g/mol. The monoisotopic (exact) mass is 261 g/mol. The number of hydrogen-bond donors (Lipinski definition) is 0. The predicted molar refractivity (Wildman–Crippen MR) is 69.0 cm³/mol. The fourth-order valence-electron chi connectivity index (χ4n) is 2.84. The molecule has 3 fully saturated rings. The first-order valence-corrected chi connectivity index (χ1v) is 7.31. The molecule has 3 aliphatic rings. The Morgan fingerprint density at radius 3 is 2.53 bits per heavy atom. The molecule has 19 heavy (non-hydrogen) atoms. The molecule has 1 amide bonds. The van der Waals surface area contributed by atoms with Crippen molar-refractivity contribution in [3.8, 4) is 0 Å². The Morgan fingerprint density at radius 1 is 1.16 bits per heavy atom. The fraction of sp³-hybridized carbons (Fsp3) is 0.714. The van der Waals surface area contributed by atoms with E-state index in [2.05, 4.69) is 10.1 Å².